The van der Waals surface area contributed by atoms with E-state index in [4.69, 9.17) is 14.0 Å². The number of para-hydroxylation sites is 1. The first-order valence-corrected chi connectivity index (χ1v) is 20.6. The van der Waals surface area contributed by atoms with E-state index in [2.05, 4.69) is 24.5 Å². The minimum absolute atomic E-state index is 0.00823. The first-order chi connectivity index (χ1) is 24.6. The lowest BCUT2D eigenvalue weighted by atomic mass is 9.79. The topological polar surface area (TPSA) is 189 Å². The second kappa shape index (κ2) is 17.5. The standard InChI is InChI=1S/C37H49N3O10S2/c1-5-7-18-37(19-8-6-2)24-40(28-12-10-9-11-13-28)30-22-31(49-4)32(23-33(30)51(44,45)25-37)50-26(3)35(42)39-34(27-14-16-29(41)17-15-27)36(43)38-20-21-52(46,47)48/h9-17,22-23,26,34,41H,5-8,18-21,24-25H2,1-4H3,(H,38,43)(H,39,42)(H,46,47,48)/t26?,34-/m1/s1. The van der Waals surface area contributed by atoms with Gasteiger partial charge in [-0.1, -0.05) is 69.9 Å². The number of anilines is 2. The molecule has 4 rings (SSSR count). The number of hydrogen-bond acceptors (Lipinski definition) is 10. The van der Waals surface area contributed by atoms with Gasteiger partial charge in [-0.15, -0.1) is 0 Å². The van der Waals surface area contributed by atoms with Crippen molar-refractivity contribution in [2.45, 2.75) is 76.3 Å². The maximum atomic E-state index is 14.4. The Labute approximate surface area is 306 Å². The number of sulfone groups is 1. The maximum Gasteiger partial charge on any atom is 0.266 e. The zero-order valence-electron chi connectivity index (χ0n) is 30.0. The summed E-state index contributed by atoms with van der Waals surface area (Å²) in [6, 6.07) is 16.7. The van der Waals surface area contributed by atoms with Crippen molar-refractivity contribution in [3.63, 3.8) is 0 Å². The molecule has 3 aromatic carbocycles. The highest BCUT2D eigenvalue weighted by Crippen LogP contribution is 2.48. The van der Waals surface area contributed by atoms with E-state index in [-0.39, 0.29) is 33.5 Å². The number of nitrogens with zero attached hydrogens (tertiary/aromatic N) is 1. The van der Waals surface area contributed by atoms with E-state index in [1.807, 2.05) is 35.2 Å². The Hall–Kier alpha value is -4.34. The smallest absolute Gasteiger partial charge is 0.266 e. The molecule has 13 nitrogen and oxygen atoms in total. The third-order valence-corrected chi connectivity index (χ3v) is 11.9. The molecule has 284 valence electrons. The number of benzene rings is 3. The average molecular weight is 760 g/mol. The van der Waals surface area contributed by atoms with Crippen LogP contribution >= 0.6 is 0 Å². The second-order valence-electron chi connectivity index (χ2n) is 13.2. The Morgan fingerprint density at radius 3 is 2.17 bits per heavy atom. The molecule has 1 heterocycles. The summed E-state index contributed by atoms with van der Waals surface area (Å²) in [5.74, 6) is -2.21. The molecule has 52 heavy (non-hydrogen) atoms. The molecular formula is C37H49N3O10S2. The molecule has 0 saturated heterocycles. The van der Waals surface area contributed by atoms with Gasteiger partial charge in [0.15, 0.2) is 27.4 Å². The summed E-state index contributed by atoms with van der Waals surface area (Å²) in [5.41, 5.74) is 1.02. The number of unbranched alkanes of at least 4 members (excludes halogenated alkanes) is 2. The van der Waals surface area contributed by atoms with Gasteiger partial charge in [-0.3, -0.25) is 14.1 Å². The number of phenols is 1. The molecule has 1 aliphatic rings. The molecule has 0 fully saturated rings. The Kier molecular flexibility index (Phi) is 13.6. The highest BCUT2D eigenvalue weighted by Gasteiger charge is 2.43. The molecule has 15 heteroatoms. The van der Waals surface area contributed by atoms with Crippen molar-refractivity contribution in [1.82, 2.24) is 10.6 Å². The predicted molar refractivity (Wildman–Crippen MR) is 198 cm³/mol. The van der Waals surface area contributed by atoms with Crippen LogP contribution in [0.3, 0.4) is 0 Å². The quantitative estimate of drug-likeness (QED) is 0.130. The summed E-state index contributed by atoms with van der Waals surface area (Å²) >= 11 is 0. The molecule has 1 aliphatic heterocycles. The maximum absolute atomic E-state index is 14.4. The molecule has 4 N–H and O–H groups in total. The molecule has 0 aliphatic carbocycles. The fraction of sp³-hybridized carbons (Fsp3) is 0.459. The Bertz CT molecular complexity index is 1900. The summed E-state index contributed by atoms with van der Waals surface area (Å²) in [7, 11) is -6.83. The van der Waals surface area contributed by atoms with Crippen LogP contribution in [-0.2, 0) is 29.5 Å². The SMILES string of the molecule is CCCCC1(CCCC)CN(c2ccccc2)c2cc(OC)c(OC(C)C(=O)N[C@@H](C(=O)NCCS(=O)(=O)O)c3ccc(O)cc3)cc2S(=O)(=O)C1. The molecule has 0 bridgehead atoms. The van der Waals surface area contributed by atoms with Crippen LogP contribution in [0.5, 0.6) is 17.2 Å². The van der Waals surface area contributed by atoms with Crippen LogP contribution in [0.25, 0.3) is 0 Å². The second-order valence-corrected chi connectivity index (χ2v) is 16.8. The predicted octanol–water partition coefficient (Wildman–Crippen LogP) is 5.32. The molecule has 0 radical (unpaired) electrons. The monoisotopic (exact) mass is 759 g/mol. The van der Waals surface area contributed by atoms with Crippen molar-refractivity contribution < 1.29 is 45.6 Å². The van der Waals surface area contributed by atoms with Gasteiger partial charge in [0.2, 0.25) is 5.91 Å². The van der Waals surface area contributed by atoms with Gasteiger partial charge in [-0.05, 0) is 49.6 Å². The Morgan fingerprint density at radius 2 is 1.60 bits per heavy atom. The number of phenolic OH excluding ortho intramolecular Hbond substituents is 1. The normalized spacial score (nSPS) is 16.1. The summed E-state index contributed by atoms with van der Waals surface area (Å²) in [5, 5.41) is 14.7. The minimum Gasteiger partial charge on any atom is -0.508 e. The number of nitrogens with one attached hydrogen (secondary N) is 2. The van der Waals surface area contributed by atoms with E-state index in [0.717, 1.165) is 44.2 Å². The van der Waals surface area contributed by atoms with Crippen LogP contribution in [0, 0.1) is 5.41 Å². The highest BCUT2D eigenvalue weighted by molar-refractivity contribution is 7.91. The van der Waals surface area contributed by atoms with Crippen molar-refractivity contribution in [2.75, 3.05) is 36.6 Å². The third kappa shape index (κ3) is 10.4. The van der Waals surface area contributed by atoms with Crippen LogP contribution < -0.4 is 25.0 Å². The number of rotatable bonds is 17. The highest BCUT2D eigenvalue weighted by atomic mass is 32.2. The van der Waals surface area contributed by atoms with Crippen molar-refractivity contribution in [3.8, 4) is 17.2 Å². The molecule has 0 spiro atoms. The summed E-state index contributed by atoms with van der Waals surface area (Å²) in [6.07, 6.45) is 3.82. The van der Waals surface area contributed by atoms with Gasteiger partial charge in [-0.2, -0.15) is 8.42 Å². The largest absolute Gasteiger partial charge is 0.508 e. The van der Waals surface area contributed by atoms with E-state index in [1.165, 1.54) is 44.4 Å². The van der Waals surface area contributed by atoms with Gasteiger partial charge in [-0.25, -0.2) is 8.42 Å². The molecule has 0 saturated carbocycles. The van der Waals surface area contributed by atoms with Crippen LogP contribution in [0.4, 0.5) is 11.4 Å². The van der Waals surface area contributed by atoms with E-state index in [1.54, 1.807) is 6.07 Å². The molecule has 0 aromatic heterocycles. The van der Waals surface area contributed by atoms with Crippen LogP contribution in [0.1, 0.15) is 70.9 Å². The number of fused-ring (bicyclic) bond motifs is 1. The molecule has 1 unspecified atom stereocenters. The lowest BCUT2D eigenvalue weighted by molar-refractivity contribution is -0.132. The van der Waals surface area contributed by atoms with Crippen LogP contribution in [-0.4, -0.2) is 76.1 Å². The van der Waals surface area contributed by atoms with Crippen LogP contribution in [0.15, 0.2) is 71.6 Å². The molecule has 3 aromatic rings. The third-order valence-electron chi connectivity index (χ3n) is 9.16. The van der Waals surface area contributed by atoms with Gasteiger partial charge in [0.1, 0.15) is 11.8 Å². The summed E-state index contributed by atoms with van der Waals surface area (Å²) < 4.78 is 72.0. The Balaban J connectivity index is 1.70. The van der Waals surface area contributed by atoms with E-state index >= 15 is 0 Å². The van der Waals surface area contributed by atoms with Crippen molar-refractivity contribution >= 4 is 43.1 Å². The van der Waals surface area contributed by atoms with Gasteiger partial charge in [0.05, 0.1) is 29.2 Å². The van der Waals surface area contributed by atoms with Crippen molar-refractivity contribution in [2.24, 2.45) is 5.41 Å². The van der Waals surface area contributed by atoms with Gasteiger partial charge in [0.25, 0.3) is 16.0 Å². The van der Waals surface area contributed by atoms with E-state index in [0.29, 0.717) is 12.2 Å². The van der Waals surface area contributed by atoms with Crippen LogP contribution in [0.2, 0.25) is 0 Å². The zero-order valence-corrected chi connectivity index (χ0v) is 31.6. The van der Waals surface area contributed by atoms with Crippen molar-refractivity contribution in [1.29, 1.82) is 0 Å². The number of amides is 2. The summed E-state index contributed by atoms with van der Waals surface area (Å²) in [6.45, 7) is 5.67. The van der Waals surface area contributed by atoms with Gasteiger partial charge < -0.3 is 30.1 Å². The number of aromatic hydroxyl groups is 1. The molecular weight excluding hydrogens is 711 g/mol. The average Bonchev–Trinajstić information content (AvgIpc) is 3.20. The summed E-state index contributed by atoms with van der Waals surface area (Å²) in [4.78, 5) is 28.8. The van der Waals surface area contributed by atoms with E-state index < -0.39 is 61.6 Å². The lowest BCUT2D eigenvalue weighted by Crippen LogP contribution is -2.45. The first kappa shape index (κ1) is 40.4. The number of methoxy groups -OCH3 is 1. The van der Waals surface area contributed by atoms with Gasteiger partial charge >= 0.3 is 0 Å². The van der Waals surface area contributed by atoms with Gasteiger partial charge in [0, 0.05) is 36.3 Å². The Morgan fingerprint density at radius 1 is 0.962 bits per heavy atom. The number of ether oxygens (including phenoxy) is 2. The number of carbonyl (C=O) groups excluding carboxylic acids is 2. The minimum atomic E-state index is -4.36. The fourth-order valence-electron chi connectivity index (χ4n) is 6.43. The first-order valence-electron chi connectivity index (χ1n) is 17.4. The number of hydrogen-bond donors (Lipinski definition) is 4. The zero-order chi connectivity index (χ0) is 38.1. The number of carbonyl (C=O) groups is 2. The van der Waals surface area contributed by atoms with Crippen molar-refractivity contribution in [3.05, 3.63) is 72.3 Å². The lowest BCUT2D eigenvalue weighted by Gasteiger charge is -2.37. The fourth-order valence-corrected chi connectivity index (χ4v) is 8.91. The molecule has 2 atom stereocenters. The van der Waals surface area contributed by atoms with E-state index in [9.17, 15) is 31.5 Å². The molecule has 2 amide bonds.